The lowest BCUT2D eigenvalue weighted by molar-refractivity contribution is 0.323. The first-order chi connectivity index (χ1) is 8.18. The molecule has 0 atom stereocenters. The highest BCUT2D eigenvalue weighted by molar-refractivity contribution is 5.14. The molecule has 0 fully saturated rings. The monoisotopic (exact) mass is 234 g/mol. The van der Waals surface area contributed by atoms with Crippen molar-refractivity contribution in [1.29, 1.82) is 0 Å². The molecule has 17 heavy (non-hydrogen) atoms. The second kappa shape index (κ2) is 8.26. The standard InChI is InChI=1S/C15H26N2/c1-14(2)9-10-16-11-12-17(3)13-15-7-5-4-6-8-15/h4-8,14,16H,9-13H2,1-3H3. The smallest absolute Gasteiger partial charge is 0.0231 e. The maximum atomic E-state index is 3.49. The van der Waals surface area contributed by atoms with E-state index in [1.54, 1.807) is 0 Å². The van der Waals surface area contributed by atoms with Gasteiger partial charge in [0.1, 0.15) is 0 Å². The SMILES string of the molecule is CC(C)CCNCCN(C)Cc1ccccc1. The highest BCUT2D eigenvalue weighted by Gasteiger charge is 1.99. The number of benzene rings is 1. The molecule has 0 aliphatic heterocycles. The molecule has 2 heteroatoms. The second-order valence-electron chi connectivity index (χ2n) is 5.16. The normalized spacial score (nSPS) is 11.4. The Kier molecular flexibility index (Phi) is 6.90. The van der Waals surface area contributed by atoms with Crippen LogP contribution in [-0.2, 0) is 6.54 Å². The quantitative estimate of drug-likeness (QED) is 0.696. The number of nitrogens with zero attached hydrogens (tertiary/aromatic N) is 1. The van der Waals surface area contributed by atoms with E-state index in [1.807, 2.05) is 0 Å². The Morgan fingerprint density at radius 3 is 2.47 bits per heavy atom. The van der Waals surface area contributed by atoms with Crippen LogP contribution < -0.4 is 5.32 Å². The molecule has 0 unspecified atom stereocenters. The van der Waals surface area contributed by atoms with Crippen LogP contribution in [0.25, 0.3) is 0 Å². The molecule has 0 spiro atoms. The highest BCUT2D eigenvalue weighted by atomic mass is 15.1. The predicted molar refractivity (Wildman–Crippen MR) is 75.1 cm³/mol. The molecule has 0 aliphatic carbocycles. The van der Waals surface area contributed by atoms with Crippen molar-refractivity contribution in [2.75, 3.05) is 26.7 Å². The van der Waals surface area contributed by atoms with Crippen LogP contribution in [-0.4, -0.2) is 31.6 Å². The van der Waals surface area contributed by atoms with Gasteiger partial charge in [0.2, 0.25) is 0 Å². The fourth-order valence-corrected chi connectivity index (χ4v) is 1.76. The third-order valence-electron chi connectivity index (χ3n) is 2.86. The molecule has 0 saturated heterocycles. The lowest BCUT2D eigenvalue weighted by Crippen LogP contribution is -2.29. The molecule has 0 bridgehead atoms. The van der Waals surface area contributed by atoms with Crippen molar-refractivity contribution in [3.8, 4) is 0 Å². The Labute approximate surface area is 106 Å². The minimum absolute atomic E-state index is 0.796. The van der Waals surface area contributed by atoms with Gasteiger partial charge in [0.05, 0.1) is 0 Å². The molecular weight excluding hydrogens is 208 g/mol. The minimum atomic E-state index is 0.796. The molecule has 1 rings (SSSR count). The van der Waals surface area contributed by atoms with Crippen LogP contribution in [0.4, 0.5) is 0 Å². The van der Waals surface area contributed by atoms with Crippen LogP contribution in [0, 0.1) is 5.92 Å². The molecule has 0 aromatic heterocycles. The van der Waals surface area contributed by atoms with E-state index >= 15 is 0 Å². The zero-order chi connectivity index (χ0) is 12.5. The van der Waals surface area contributed by atoms with Gasteiger partial charge in [-0.1, -0.05) is 44.2 Å². The van der Waals surface area contributed by atoms with Crippen LogP contribution in [0.15, 0.2) is 30.3 Å². The van der Waals surface area contributed by atoms with E-state index in [9.17, 15) is 0 Å². The summed E-state index contributed by atoms with van der Waals surface area (Å²) in [7, 11) is 2.18. The minimum Gasteiger partial charge on any atom is -0.315 e. The van der Waals surface area contributed by atoms with Gasteiger partial charge >= 0.3 is 0 Å². The van der Waals surface area contributed by atoms with E-state index in [0.29, 0.717) is 0 Å². The maximum Gasteiger partial charge on any atom is 0.0231 e. The van der Waals surface area contributed by atoms with Crippen LogP contribution in [0.5, 0.6) is 0 Å². The van der Waals surface area contributed by atoms with Gasteiger partial charge < -0.3 is 10.2 Å². The zero-order valence-corrected chi connectivity index (χ0v) is 11.4. The summed E-state index contributed by atoms with van der Waals surface area (Å²) in [6.45, 7) is 8.89. The van der Waals surface area contributed by atoms with E-state index in [4.69, 9.17) is 0 Å². The summed E-state index contributed by atoms with van der Waals surface area (Å²) < 4.78 is 0. The fourth-order valence-electron chi connectivity index (χ4n) is 1.76. The summed E-state index contributed by atoms with van der Waals surface area (Å²) in [4.78, 5) is 2.36. The molecule has 96 valence electrons. The van der Waals surface area contributed by atoms with E-state index in [1.165, 1.54) is 12.0 Å². The summed E-state index contributed by atoms with van der Waals surface area (Å²) in [5.41, 5.74) is 1.39. The molecule has 0 radical (unpaired) electrons. The molecule has 0 saturated carbocycles. The summed E-state index contributed by atoms with van der Waals surface area (Å²) in [5, 5.41) is 3.49. The molecular formula is C15H26N2. The average molecular weight is 234 g/mol. The number of likely N-dealkylation sites (N-methyl/N-ethyl adjacent to an activating group) is 1. The third-order valence-corrected chi connectivity index (χ3v) is 2.86. The highest BCUT2D eigenvalue weighted by Crippen LogP contribution is 2.01. The van der Waals surface area contributed by atoms with Crippen molar-refractivity contribution in [1.82, 2.24) is 10.2 Å². The zero-order valence-electron chi connectivity index (χ0n) is 11.4. The van der Waals surface area contributed by atoms with Crippen molar-refractivity contribution >= 4 is 0 Å². The topological polar surface area (TPSA) is 15.3 Å². The van der Waals surface area contributed by atoms with Gasteiger partial charge in [-0.05, 0) is 31.5 Å². The Morgan fingerprint density at radius 2 is 1.82 bits per heavy atom. The van der Waals surface area contributed by atoms with Crippen molar-refractivity contribution in [3.63, 3.8) is 0 Å². The summed E-state index contributed by atoms with van der Waals surface area (Å²) in [6.07, 6.45) is 1.27. The van der Waals surface area contributed by atoms with Crippen LogP contribution in [0.1, 0.15) is 25.8 Å². The van der Waals surface area contributed by atoms with E-state index in [2.05, 4.69) is 61.4 Å². The molecule has 1 aromatic rings. The van der Waals surface area contributed by atoms with E-state index < -0.39 is 0 Å². The van der Waals surface area contributed by atoms with E-state index in [0.717, 1.165) is 32.1 Å². The van der Waals surface area contributed by atoms with Gasteiger partial charge in [0, 0.05) is 19.6 Å². The number of rotatable bonds is 8. The number of nitrogens with one attached hydrogen (secondary N) is 1. The largest absolute Gasteiger partial charge is 0.315 e. The Morgan fingerprint density at radius 1 is 1.12 bits per heavy atom. The molecule has 0 heterocycles. The molecule has 0 amide bonds. The van der Waals surface area contributed by atoms with Gasteiger partial charge in [-0.15, -0.1) is 0 Å². The Hall–Kier alpha value is -0.860. The van der Waals surface area contributed by atoms with E-state index in [-0.39, 0.29) is 0 Å². The summed E-state index contributed by atoms with van der Waals surface area (Å²) >= 11 is 0. The van der Waals surface area contributed by atoms with Crippen LogP contribution in [0.3, 0.4) is 0 Å². The van der Waals surface area contributed by atoms with Gasteiger partial charge in [0.25, 0.3) is 0 Å². The predicted octanol–water partition coefficient (Wildman–Crippen LogP) is 2.75. The van der Waals surface area contributed by atoms with Crippen molar-refractivity contribution in [3.05, 3.63) is 35.9 Å². The average Bonchev–Trinajstić information content (AvgIpc) is 2.29. The van der Waals surface area contributed by atoms with Crippen molar-refractivity contribution in [2.24, 2.45) is 5.92 Å². The summed E-state index contributed by atoms with van der Waals surface area (Å²) in [5.74, 6) is 0.796. The van der Waals surface area contributed by atoms with Crippen LogP contribution in [0.2, 0.25) is 0 Å². The van der Waals surface area contributed by atoms with Gasteiger partial charge in [-0.25, -0.2) is 0 Å². The van der Waals surface area contributed by atoms with Crippen molar-refractivity contribution in [2.45, 2.75) is 26.8 Å². The third kappa shape index (κ3) is 7.14. The number of hydrogen-bond acceptors (Lipinski definition) is 2. The van der Waals surface area contributed by atoms with Gasteiger partial charge in [-0.2, -0.15) is 0 Å². The summed E-state index contributed by atoms with van der Waals surface area (Å²) in [6, 6.07) is 10.6. The molecule has 0 aliphatic rings. The van der Waals surface area contributed by atoms with Crippen molar-refractivity contribution < 1.29 is 0 Å². The van der Waals surface area contributed by atoms with Gasteiger partial charge in [0.15, 0.2) is 0 Å². The molecule has 2 nitrogen and oxygen atoms in total. The molecule has 1 N–H and O–H groups in total. The maximum absolute atomic E-state index is 3.49. The lowest BCUT2D eigenvalue weighted by Gasteiger charge is -2.17. The Bertz CT molecular complexity index is 282. The fraction of sp³-hybridized carbons (Fsp3) is 0.600. The first kappa shape index (κ1) is 14.2. The second-order valence-corrected chi connectivity index (χ2v) is 5.16. The molecule has 1 aromatic carbocycles. The Balaban J connectivity index is 2.07. The van der Waals surface area contributed by atoms with Crippen LogP contribution >= 0.6 is 0 Å². The van der Waals surface area contributed by atoms with Gasteiger partial charge in [-0.3, -0.25) is 0 Å². The number of hydrogen-bond donors (Lipinski definition) is 1. The first-order valence-electron chi connectivity index (χ1n) is 6.61. The lowest BCUT2D eigenvalue weighted by atomic mass is 10.1. The first-order valence-corrected chi connectivity index (χ1v) is 6.61.